The Bertz CT molecular complexity index is 1150. The van der Waals surface area contributed by atoms with Crippen LogP contribution in [0.25, 0.3) is 0 Å². The summed E-state index contributed by atoms with van der Waals surface area (Å²) in [7, 11) is 3.32. The smallest absolute Gasteiger partial charge is 0.325 e. The molecule has 1 atom stereocenters. The molecule has 37 heavy (non-hydrogen) atoms. The van der Waals surface area contributed by atoms with Crippen molar-refractivity contribution in [3.8, 4) is 11.5 Å². The second kappa shape index (κ2) is 10.9. The minimum atomic E-state index is -0.416. The zero-order chi connectivity index (χ0) is 26.7. The SMILES string of the molecule is CC.CCN1C(=O)N2Cc3cc(OC)cc(OC)c3C[C@@H](C)/C=C\2C12CCN(C(=O)c1ccco1)CC2. The number of allylic oxidation sites excluding steroid dienone is 1. The van der Waals surface area contributed by atoms with Crippen molar-refractivity contribution in [3.63, 3.8) is 0 Å². The summed E-state index contributed by atoms with van der Waals surface area (Å²) in [6.45, 7) is 10.4. The molecule has 0 radical (unpaired) electrons. The maximum atomic E-state index is 13.8. The highest BCUT2D eigenvalue weighted by Crippen LogP contribution is 2.47. The van der Waals surface area contributed by atoms with Crippen molar-refractivity contribution in [1.29, 1.82) is 0 Å². The Labute approximate surface area is 219 Å². The number of furan rings is 1. The highest BCUT2D eigenvalue weighted by Gasteiger charge is 2.55. The number of benzene rings is 1. The lowest BCUT2D eigenvalue weighted by molar-refractivity contribution is 0.0547. The summed E-state index contributed by atoms with van der Waals surface area (Å²) < 4.78 is 16.5. The highest BCUT2D eigenvalue weighted by atomic mass is 16.5. The van der Waals surface area contributed by atoms with Gasteiger partial charge in [-0.3, -0.25) is 9.69 Å². The Morgan fingerprint density at radius 2 is 1.89 bits per heavy atom. The first-order valence-corrected chi connectivity index (χ1v) is 13.3. The van der Waals surface area contributed by atoms with Gasteiger partial charge in [-0.25, -0.2) is 4.79 Å². The number of fused-ring (bicyclic) bond motifs is 3. The van der Waals surface area contributed by atoms with Crippen molar-refractivity contribution in [2.45, 2.75) is 59.0 Å². The van der Waals surface area contributed by atoms with Gasteiger partial charge in [0.25, 0.3) is 5.91 Å². The number of rotatable bonds is 4. The van der Waals surface area contributed by atoms with Crippen LogP contribution in [0.4, 0.5) is 4.79 Å². The number of amides is 3. The molecule has 0 aliphatic carbocycles. The van der Waals surface area contributed by atoms with Gasteiger partial charge in [0.15, 0.2) is 5.76 Å². The fourth-order valence-corrected chi connectivity index (χ4v) is 5.99. The summed E-state index contributed by atoms with van der Waals surface area (Å²) in [4.78, 5) is 32.4. The first-order valence-electron chi connectivity index (χ1n) is 13.3. The predicted octanol–water partition coefficient (Wildman–Crippen LogP) is 5.33. The topological polar surface area (TPSA) is 75.5 Å². The second-order valence-corrected chi connectivity index (χ2v) is 9.61. The molecule has 0 N–H and O–H groups in total. The molecule has 0 saturated carbocycles. The average Bonchev–Trinajstić information content (AvgIpc) is 3.52. The van der Waals surface area contributed by atoms with Crippen molar-refractivity contribution < 1.29 is 23.5 Å². The van der Waals surface area contributed by atoms with Gasteiger partial charge in [0.05, 0.1) is 32.6 Å². The standard InChI is InChI=1S/C27H33N3O5.C2H6/c1-5-30-26(32)29-17-19-15-20(33-3)16-23(34-4)21(19)13-18(2)14-24(29)27(30)8-10-28(11-9-27)25(31)22-7-6-12-35-22;1-2/h6-7,12,14-16,18H,5,8-11,13,17H2,1-4H3;1-2H3/b24-14-;/t18-;/m1./s1. The molecule has 2 aromatic rings. The number of nitrogens with zero attached hydrogens (tertiary/aromatic N) is 3. The van der Waals surface area contributed by atoms with Crippen LogP contribution in [-0.2, 0) is 13.0 Å². The third kappa shape index (κ3) is 4.58. The van der Waals surface area contributed by atoms with Gasteiger partial charge >= 0.3 is 6.03 Å². The Morgan fingerprint density at radius 3 is 2.49 bits per heavy atom. The van der Waals surface area contributed by atoms with Gasteiger partial charge in [-0.2, -0.15) is 0 Å². The molecule has 0 unspecified atom stereocenters. The Hall–Kier alpha value is -3.42. The van der Waals surface area contributed by atoms with E-state index in [1.54, 1.807) is 26.4 Å². The normalized spacial score (nSPS) is 21.7. The van der Waals surface area contributed by atoms with E-state index in [0.717, 1.165) is 34.7 Å². The van der Waals surface area contributed by atoms with E-state index >= 15 is 0 Å². The van der Waals surface area contributed by atoms with Gasteiger partial charge < -0.3 is 23.7 Å². The molecule has 2 fully saturated rings. The fraction of sp³-hybridized carbons (Fsp3) is 0.517. The monoisotopic (exact) mass is 509 g/mol. The molecular weight excluding hydrogens is 470 g/mol. The number of ether oxygens (including phenoxy) is 2. The first kappa shape index (κ1) is 26.6. The maximum Gasteiger partial charge on any atom is 0.325 e. The van der Waals surface area contributed by atoms with Gasteiger partial charge in [-0.1, -0.05) is 26.8 Å². The van der Waals surface area contributed by atoms with Crippen LogP contribution >= 0.6 is 0 Å². The van der Waals surface area contributed by atoms with Crippen molar-refractivity contribution in [2.24, 2.45) is 5.92 Å². The van der Waals surface area contributed by atoms with Crippen molar-refractivity contribution in [2.75, 3.05) is 33.9 Å². The van der Waals surface area contributed by atoms with Crippen LogP contribution in [0.3, 0.4) is 0 Å². The molecular formula is C29H39N3O5. The Balaban J connectivity index is 0.00000156. The third-order valence-electron chi connectivity index (χ3n) is 7.70. The van der Waals surface area contributed by atoms with Crippen LogP contribution in [0.5, 0.6) is 11.5 Å². The van der Waals surface area contributed by atoms with Crippen LogP contribution in [0.15, 0.2) is 46.7 Å². The summed E-state index contributed by atoms with van der Waals surface area (Å²) in [5.41, 5.74) is 2.81. The number of methoxy groups -OCH3 is 2. The summed E-state index contributed by atoms with van der Waals surface area (Å²) in [5, 5.41) is 0. The lowest BCUT2D eigenvalue weighted by Crippen LogP contribution is -2.54. The molecule has 8 nitrogen and oxygen atoms in total. The molecule has 1 aromatic heterocycles. The molecule has 0 bridgehead atoms. The van der Waals surface area contributed by atoms with E-state index in [1.807, 2.05) is 47.6 Å². The van der Waals surface area contributed by atoms with Gasteiger partial charge in [0.2, 0.25) is 0 Å². The van der Waals surface area contributed by atoms with Gasteiger partial charge in [0, 0.05) is 31.4 Å². The molecule has 1 aromatic carbocycles. The highest BCUT2D eigenvalue weighted by molar-refractivity contribution is 5.91. The molecule has 2 saturated heterocycles. The van der Waals surface area contributed by atoms with Crippen LogP contribution in [0.1, 0.15) is 62.2 Å². The summed E-state index contributed by atoms with van der Waals surface area (Å²) in [6, 6.07) is 7.38. The molecule has 3 aliphatic rings. The summed E-state index contributed by atoms with van der Waals surface area (Å²) >= 11 is 0. The number of hydrogen-bond donors (Lipinski definition) is 0. The summed E-state index contributed by atoms with van der Waals surface area (Å²) in [6.07, 6.45) is 6.00. The quantitative estimate of drug-likeness (QED) is 0.557. The molecule has 5 rings (SSSR count). The van der Waals surface area contributed by atoms with Crippen LogP contribution in [-0.4, -0.2) is 66.0 Å². The van der Waals surface area contributed by atoms with Crippen molar-refractivity contribution in [1.82, 2.24) is 14.7 Å². The predicted molar refractivity (Wildman–Crippen MR) is 142 cm³/mol. The van der Waals surface area contributed by atoms with Crippen LogP contribution in [0.2, 0.25) is 0 Å². The van der Waals surface area contributed by atoms with Crippen LogP contribution in [0, 0.1) is 5.92 Å². The zero-order valence-corrected chi connectivity index (χ0v) is 22.9. The van der Waals surface area contributed by atoms with Gasteiger partial charge in [-0.15, -0.1) is 0 Å². The van der Waals surface area contributed by atoms with Crippen LogP contribution < -0.4 is 9.47 Å². The number of carbonyl (C=O) groups excluding carboxylic acids is 2. The van der Waals surface area contributed by atoms with Gasteiger partial charge in [-0.05, 0) is 61.4 Å². The van der Waals surface area contributed by atoms with E-state index in [2.05, 4.69) is 13.0 Å². The lowest BCUT2D eigenvalue weighted by Gasteiger charge is -2.44. The number of likely N-dealkylation sites (N-methyl/N-ethyl adjacent to an activating group) is 1. The number of hydrogen-bond acceptors (Lipinski definition) is 5. The molecule has 8 heteroatoms. The second-order valence-electron chi connectivity index (χ2n) is 9.61. The maximum absolute atomic E-state index is 13.8. The minimum Gasteiger partial charge on any atom is -0.497 e. The third-order valence-corrected chi connectivity index (χ3v) is 7.70. The Morgan fingerprint density at radius 1 is 1.16 bits per heavy atom. The van der Waals surface area contributed by atoms with E-state index < -0.39 is 5.54 Å². The molecule has 200 valence electrons. The van der Waals surface area contributed by atoms with E-state index in [-0.39, 0.29) is 17.9 Å². The molecule has 3 amide bonds. The zero-order valence-electron chi connectivity index (χ0n) is 22.9. The number of carbonyl (C=O) groups is 2. The fourth-order valence-electron chi connectivity index (χ4n) is 5.99. The van der Waals surface area contributed by atoms with E-state index in [4.69, 9.17) is 13.9 Å². The van der Waals surface area contributed by atoms with E-state index in [9.17, 15) is 9.59 Å². The molecule has 1 spiro atoms. The minimum absolute atomic E-state index is 0.0198. The number of urea groups is 1. The Kier molecular flexibility index (Phi) is 7.85. The first-order chi connectivity index (χ1) is 17.9. The van der Waals surface area contributed by atoms with Crippen molar-refractivity contribution >= 4 is 11.9 Å². The summed E-state index contributed by atoms with van der Waals surface area (Å²) in [5.74, 6) is 1.98. The average molecular weight is 510 g/mol. The van der Waals surface area contributed by atoms with Gasteiger partial charge in [0.1, 0.15) is 11.5 Å². The number of likely N-dealkylation sites (tertiary alicyclic amines) is 1. The number of piperidine rings is 1. The lowest BCUT2D eigenvalue weighted by atomic mass is 9.81. The van der Waals surface area contributed by atoms with Crippen molar-refractivity contribution in [3.05, 3.63) is 59.2 Å². The van der Waals surface area contributed by atoms with E-state index in [1.165, 1.54) is 6.26 Å². The largest absolute Gasteiger partial charge is 0.497 e. The molecule has 4 heterocycles. The molecule has 3 aliphatic heterocycles. The van der Waals surface area contributed by atoms with E-state index in [0.29, 0.717) is 44.8 Å².